The van der Waals surface area contributed by atoms with Crippen molar-refractivity contribution < 1.29 is 9.59 Å². The molecule has 0 atom stereocenters. The number of anilines is 4. The highest BCUT2D eigenvalue weighted by Crippen LogP contribution is 2.20. The maximum Gasteiger partial charge on any atom is 0.250 e. The van der Waals surface area contributed by atoms with Crippen LogP contribution in [0.4, 0.5) is 22.9 Å². The number of hydrogen-bond donors (Lipinski definition) is 4. The second kappa shape index (κ2) is 5.91. The molecule has 1 aromatic carbocycles. The predicted molar refractivity (Wildman–Crippen MR) is 81.2 cm³/mol. The number of primary amides is 1. The normalized spacial score (nSPS) is 9.95. The summed E-state index contributed by atoms with van der Waals surface area (Å²) in [4.78, 5) is 26.2. The molecule has 2 amide bonds. The lowest BCUT2D eigenvalue weighted by Gasteiger charge is -2.09. The minimum absolute atomic E-state index is 0.137. The Morgan fingerprint density at radius 1 is 1.14 bits per heavy atom. The van der Waals surface area contributed by atoms with Gasteiger partial charge in [0.15, 0.2) is 0 Å². The number of rotatable bonds is 4. The molecule has 21 heavy (non-hydrogen) atoms. The number of nitrogen functional groups attached to an aromatic ring is 1. The minimum atomic E-state index is -0.612. The number of nitrogens with zero attached hydrogens (tertiary/aromatic N) is 1. The topological polar surface area (TPSA) is 123 Å². The summed E-state index contributed by atoms with van der Waals surface area (Å²) in [5.74, 6) is -0.300. The number of aromatic nitrogens is 1. The molecule has 0 aliphatic heterocycles. The standard InChI is InChI=1S/C14H15N5O2/c1-8(20)18-9-2-4-10(5-3-9)19-13-6-11(14(16)21)12(15)7-17-13/h2-7H,15H2,1H3,(H2,16,21)(H,17,19)(H,18,20). The maximum absolute atomic E-state index is 11.2. The molecule has 0 spiro atoms. The summed E-state index contributed by atoms with van der Waals surface area (Å²) in [6.07, 6.45) is 1.37. The monoisotopic (exact) mass is 285 g/mol. The molecule has 0 saturated heterocycles. The zero-order chi connectivity index (χ0) is 15.4. The van der Waals surface area contributed by atoms with Gasteiger partial charge in [-0.25, -0.2) is 4.98 Å². The number of carbonyl (C=O) groups is 2. The fourth-order valence-electron chi connectivity index (χ4n) is 1.74. The van der Waals surface area contributed by atoms with E-state index in [2.05, 4.69) is 15.6 Å². The van der Waals surface area contributed by atoms with Gasteiger partial charge >= 0.3 is 0 Å². The van der Waals surface area contributed by atoms with Crippen LogP contribution in [0, 0.1) is 0 Å². The molecule has 0 aliphatic rings. The first-order valence-corrected chi connectivity index (χ1v) is 6.15. The first-order chi connectivity index (χ1) is 9.95. The zero-order valence-electron chi connectivity index (χ0n) is 11.4. The van der Waals surface area contributed by atoms with E-state index in [0.717, 1.165) is 5.69 Å². The fourth-order valence-corrected chi connectivity index (χ4v) is 1.74. The van der Waals surface area contributed by atoms with Crippen molar-refractivity contribution in [3.05, 3.63) is 42.1 Å². The quantitative estimate of drug-likeness (QED) is 0.677. The van der Waals surface area contributed by atoms with Gasteiger partial charge in [0.1, 0.15) is 5.82 Å². The van der Waals surface area contributed by atoms with E-state index in [1.165, 1.54) is 19.2 Å². The Kier molecular flexibility index (Phi) is 4.03. The highest BCUT2D eigenvalue weighted by molar-refractivity contribution is 5.98. The van der Waals surface area contributed by atoms with Gasteiger partial charge in [0, 0.05) is 18.3 Å². The molecule has 108 valence electrons. The van der Waals surface area contributed by atoms with Crippen molar-refractivity contribution >= 4 is 34.7 Å². The van der Waals surface area contributed by atoms with Gasteiger partial charge < -0.3 is 22.1 Å². The van der Waals surface area contributed by atoms with Gasteiger partial charge in [0.25, 0.3) is 5.91 Å². The van der Waals surface area contributed by atoms with Crippen LogP contribution in [0.1, 0.15) is 17.3 Å². The van der Waals surface area contributed by atoms with Crippen LogP contribution in [0.25, 0.3) is 0 Å². The lowest BCUT2D eigenvalue weighted by atomic mass is 10.2. The first-order valence-electron chi connectivity index (χ1n) is 6.15. The molecule has 7 nitrogen and oxygen atoms in total. The molecule has 7 heteroatoms. The predicted octanol–water partition coefficient (Wildman–Crippen LogP) is 1.46. The molecular formula is C14H15N5O2. The van der Waals surface area contributed by atoms with Gasteiger partial charge in [-0.15, -0.1) is 0 Å². The van der Waals surface area contributed by atoms with Crippen LogP contribution in [-0.2, 0) is 4.79 Å². The molecule has 0 bridgehead atoms. The highest BCUT2D eigenvalue weighted by Gasteiger charge is 2.08. The summed E-state index contributed by atoms with van der Waals surface area (Å²) in [6, 6.07) is 8.52. The van der Waals surface area contributed by atoms with E-state index in [9.17, 15) is 9.59 Å². The summed E-state index contributed by atoms with van der Waals surface area (Å²) in [5, 5.41) is 5.69. The van der Waals surface area contributed by atoms with E-state index in [4.69, 9.17) is 11.5 Å². The van der Waals surface area contributed by atoms with Crippen molar-refractivity contribution in [1.82, 2.24) is 4.98 Å². The van der Waals surface area contributed by atoms with Crippen molar-refractivity contribution in [3.8, 4) is 0 Å². The van der Waals surface area contributed by atoms with Gasteiger partial charge in [-0.05, 0) is 30.3 Å². The van der Waals surface area contributed by atoms with Crippen LogP contribution in [0.3, 0.4) is 0 Å². The zero-order valence-corrected chi connectivity index (χ0v) is 11.4. The lowest BCUT2D eigenvalue weighted by Crippen LogP contribution is -2.14. The second-order valence-corrected chi connectivity index (χ2v) is 4.40. The molecule has 0 saturated carbocycles. The van der Waals surface area contributed by atoms with Crippen LogP contribution in [0.2, 0.25) is 0 Å². The van der Waals surface area contributed by atoms with Crippen LogP contribution < -0.4 is 22.1 Å². The van der Waals surface area contributed by atoms with E-state index in [1.54, 1.807) is 24.3 Å². The van der Waals surface area contributed by atoms with Crippen molar-refractivity contribution in [2.45, 2.75) is 6.92 Å². The van der Waals surface area contributed by atoms with E-state index >= 15 is 0 Å². The third-order valence-electron chi connectivity index (χ3n) is 2.68. The Morgan fingerprint density at radius 3 is 2.33 bits per heavy atom. The van der Waals surface area contributed by atoms with Crippen molar-refractivity contribution in [1.29, 1.82) is 0 Å². The van der Waals surface area contributed by atoms with Gasteiger partial charge in [0.2, 0.25) is 5.91 Å². The van der Waals surface area contributed by atoms with E-state index in [-0.39, 0.29) is 17.2 Å². The molecule has 0 radical (unpaired) electrons. The lowest BCUT2D eigenvalue weighted by molar-refractivity contribution is -0.114. The van der Waals surface area contributed by atoms with Crippen LogP contribution in [0.5, 0.6) is 0 Å². The largest absolute Gasteiger partial charge is 0.397 e. The Labute approximate surface area is 121 Å². The SMILES string of the molecule is CC(=O)Nc1ccc(Nc2cc(C(N)=O)c(N)cn2)cc1. The maximum atomic E-state index is 11.2. The average Bonchev–Trinajstić information content (AvgIpc) is 2.42. The van der Waals surface area contributed by atoms with E-state index in [1.807, 2.05) is 0 Å². The van der Waals surface area contributed by atoms with Crippen molar-refractivity contribution in [2.75, 3.05) is 16.4 Å². The molecule has 0 fully saturated rings. The Hall–Kier alpha value is -3.09. The average molecular weight is 285 g/mol. The summed E-state index contributed by atoms with van der Waals surface area (Å²) in [6.45, 7) is 1.44. The number of amides is 2. The van der Waals surface area contributed by atoms with Crippen molar-refractivity contribution in [2.24, 2.45) is 5.73 Å². The molecule has 6 N–H and O–H groups in total. The number of nitrogens with two attached hydrogens (primary N) is 2. The molecule has 2 rings (SSSR count). The molecular weight excluding hydrogens is 270 g/mol. The summed E-state index contributed by atoms with van der Waals surface area (Å²) in [7, 11) is 0. The fraction of sp³-hybridized carbons (Fsp3) is 0.0714. The number of hydrogen-bond acceptors (Lipinski definition) is 5. The third-order valence-corrected chi connectivity index (χ3v) is 2.68. The Morgan fingerprint density at radius 2 is 1.76 bits per heavy atom. The summed E-state index contributed by atoms with van der Waals surface area (Å²) < 4.78 is 0. The molecule has 0 unspecified atom stereocenters. The smallest absolute Gasteiger partial charge is 0.250 e. The van der Waals surface area contributed by atoms with Crippen molar-refractivity contribution in [3.63, 3.8) is 0 Å². The van der Waals surface area contributed by atoms with Gasteiger partial charge in [-0.3, -0.25) is 9.59 Å². The molecule has 0 aliphatic carbocycles. The van der Waals surface area contributed by atoms with Crippen LogP contribution in [0.15, 0.2) is 36.5 Å². The first kappa shape index (κ1) is 14.3. The second-order valence-electron chi connectivity index (χ2n) is 4.40. The molecule has 2 aromatic rings. The number of carbonyl (C=O) groups excluding carboxylic acids is 2. The number of benzene rings is 1. The van der Waals surface area contributed by atoms with E-state index in [0.29, 0.717) is 11.5 Å². The summed E-state index contributed by atoms with van der Waals surface area (Å²) in [5.41, 5.74) is 12.7. The minimum Gasteiger partial charge on any atom is -0.397 e. The molecule has 1 aromatic heterocycles. The Balaban J connectivity index is 2.16. The number of nitrogens with one attached hydrogen (secondary N) is 2. The molecule has 1 heterocycles. The van der Waals surface area contributed by atoms with E-state index < -0.39 is 5.91 Å². The van der Waals surface area contributed by atoms with Gasteiger partial charge in [-0.2, -0.15) is 0 Å². The number of pyridine rings is 1. The third kappa shape index (κ3) is 3.69. The highest BCUT2D eigenvalue weighted by atomic mass is 16.1. The summed E-state index contributed by atoms with van der Waals surface area (Å²) >= 11 is 0. The van der Waals surface area contributed by atoms with Crippen LogP contribution in [-0.4, -0.2) is 16.8 Å². The van der Waals surface area contributed by atoms with Gasteiger partial charge in [0.05, 0.1) is 17.4 Å². The van der Waals surface area contributed by atoms with Gasteiger partial charge in [-0.1, -0.05) is 0 Å². The Bertz CT molecular complexity index is 682. The van der Waals surface area contributed by atoms with Crippen LogP contribution >= 0.6 is 0 Å².